The third-order valence-corrected chi connectivity index (χ3v) is 2.12. The standard InChI is InChI=1S/C11H15F2NO/c1-7(15)4-8-5-9(12)10(13)6-11(8)14(2)3/h5-7,15H,4H2,1-3H3. The Morgan fingerprint density at radius 3 is 2.27 bits per heavy atom. The number of rotatable bonds is 3. The van der Waals surface area contributed by atoms with Crippen molar-refractivity contribution in [1.29, 1.82) is 0 Å². The molecule has 0 fully saturated rings. The quantitative estimate of drug-likeness (QED) is 0.833. The molecular weight excluding hydrogens is 200 g/mol. The molecule has 0 bridgehead atoms. The molecule has 1 aromatic rings. The van der Waals surface area contributed by atoms with Crippen LogP contribution in [-0.2, 0) is 6.42 Å². The number of anilines is 1. The number of aliphatic hydroxyl groups is 1. The maximum atomic E-state index is 13.0. The van der Waals surface area contributed by atoms with E-state index in [1.165, 1.54) is 0 Å². The molecule has 0 spiro atoms. The highest BCUT2D eigenvalue weighted by atomic mass is 19.2. The van der Waals surface area contributed by atoms with E-state index in [1.54, 1.807) is 25.9 Å². The Labute approximate surface area is 88.1 Å². The predicted octanol–water partition coefficient (Wildman–Crippen LogP) is 1.95. The third-order valence-electron chi connectivity index (χ3n) is 2.12. The highest BCUT2D eigenvalue weighted by molar-refractivity contribution is 5.53. The van der Waals surface area contributed by atoms with Crippen molar-refractivity contribution in [2.75, 3.05) is 19.0 Å². The van der Waals surface area contributed by atoms with Gasteiger partial charge in [-0.05, 0) is 18.6 Å². The normalized spacial score (nSPS) is 12.7. The average molecular weight is 215 g/mol. The van der Waals surface area contributed by atoms with E-state index >= 15 is 0 Å². The first kappa shape index (κ1) is 11.9. The molecule has 0 aliphatic carbocycles. The molecule has 4 heteroatoms. The summed E-state index contributed by atoms with van der Waals surface area (Å²) in [4.78, 5) is 1.69. The van der Waals surface area contributed by atoms with Crippen LogP contribution in [0.2, 0.25) is 0 Å². The molecule has 1 aromatic carbocycles. The van der Waals surface area contributed by atoms with Gasteiger partial charge < -0.3 is 10.0 Å². The molecule has 0 saturated heterocycles. The Bertz CT molecular complexity index is 351. The van der Waals surface area contributed by atoms with Crippen molar-refractivity contribution in [3.8, 4) is 0 Å². The Morgan fingerprint density at radius 1 is 1.27 bits per heavy atom. The molecule has 0 aliphatic heterocycles. The van der Waals surface area contributed by atoms with Gasteiger partial charge in [-0.2, -0.15) is 0 Å². The van der Waals surface area contributed by atoms with Gasteiger partial charge in [0.15, 0.2) is 11.6 Å². The summed E-state index contributed by atoms with van der Waals surface area (Å²) in [7, 11) is 3.50. The van der Waals surface area contributed by atoms with Gasteiger partial charge in [-0.1, -0.05) is 0 Å². The van der Waals surface area contributed by atoms with E-state index in [1.807, 2.05) is 0 Å². The fraction of sp³-hybridized carbons (Fsp3) is 0.455. The minimum absolute atomic E-state index is 0.310. The number of hydrogen-bond acceptors (Lipinski definition) is 2. The van der Waals surface area contributed by atoms with Crippen LogP contribution in [0.1, 0.15) is 12.5 Å². The van der Waals surface area contributed by atoms with Crippen LogP contribution in [0.15, 0.2) is 12.1 Å². The van der Waals surface area contributed by atoms with E-state index in [9.17, 15) is 13.9 Å². The topological polar surface area (TPSA) is 23.5 Å². The fourth-order valence-corrected chi connectivity index (χ4v) is 1.48. The molecule has 0 radical (unpaired) electrons. The highest BCUT2D eigenvalue weighted by Gasteiger charge is 2.12. The number of aliphatic hydroxyl groups excluding tert-OH is 1. The van der Waals surface area contributed by atoms with E-state index in [0.29, 0.717) is 17.7 Å². The van der Waals surface area contributed by atoms with Crippen molar-refractivity contribution in [2.45, 2.75) is 19.4 Å². The van der Waals surface area contributed by atoms with Crippen LogP contribution in [0.5, 0.6) is 0 Å². The largest absolute Gasteiger partial charge is 0.393 e. The molecule has 84 valence electrons. The Kier molecular flexibility index (Phi) is 3.63. The van der Waals surface area contributed by atoms with Gasteiger partial charge in [-0.25, -0.2) is 8.78 Å². The molecular formula is C11H15F2NO. The number of benzene rings is 1. The summed E-state index contributed by atoms with van der Waals surface area (Å²) in [6.07, 6.45) is -0.265. The molecule has 0 aromatic heterocycles. The molecule has 0 saturated carbocycles. The highest BCUT2D eigenvalue weighted by Crippen LogP contribution is 2.23. The lowest BCUT2D eigenvalue weighted by atomic mass is 10.1. The maximum Gasteiger partial charge on any atom is 0.160 e. The molecule has 1 atom stereocenters. The Hall–Kier alpha value is -1.16. The summed E-state index contributed by atoms with van der Waals surface area (Å²) in [5.41, 5.74) is 1.20. The summed E-state index contributed by atoms with van der Waals surface area (Å²) >= 11 is 0. The van der Waals surface area contributed by atoms with Gasteiger partial charge in [0.2, 0.25) is 0 Å². The number of hydrogen-bond donors (Lipinski definition) is 1. The first-order chi connectivity index (χ1) is 6.91. The van der Waals surface area contributed by atoms with Crippen LogP contribution >= 0.6 is 0 Å². The van der Waals surface area contributed by atoms with Crippen LogP contribution in [0, 0.1) is 11.6 Å². The van der Waals surface area contributed by atoms with Crippen molar-refractivity contribution in [2.24, 2.45) is 0 Å². The summed E-state index contributed by atoms with van der Waals surface area (Å²) < 4.78 is 26.0. The van der Waals surface area contributed by atoms with E-state index < -0.39 is 17.7 Å². The Morgan fingerprint density at radius 2 is 1.80 bits per heavy atom. The third kappa shape index (κ3) is 2.89. The first-order valence-electron chi connectivity index (χ1n) is 4.75. The molecule has 15 heavy (non-hydrogen) atoms. The second-order valence-corrected chi connectivity index (χ2v) is 3.84. The maximum absolute atomic E-state index is 13.0. The van der Waals surface area contributed by atoms with E-state index in [2.05, 4.69) is 0 Å². The molecule has 2 nitrogen and oxygen atoms in total. The smallest absolute Gasteiger partial charge is 0.160 e. The van der Waals surface area contributed by atoms with Gasteiger partial charge in [-0.3, -0.25) is 0 Å². The van der Waals surface area contributed by atoms with Crippen molar-refractivity contribution in [3.63, 3.8) is 0 Å². The summed E-state index contributed by atoms with van der Waals surface area (Å²) in [6.45, 7) is 1.61. The molecule has 0 heterocycles. The van der Waals surface area contributed by atoms with Crippen LogP contribution in [0.3, 0.4) is 0 Å². The lowest BCUT2D eigenvalue weighted by Gasteiger charge is -2.18. The minimum atomic E-state index is -0.878. The average Bonchev–Trinajstić information content (AvgIpc) is 2.09. The second kappa shape index (κ2) is 4.57. The van der Waals surface area contributed by atoms with Gasteiger partial charge in [0, 0.05) is 32.3 Å². The van der Waals surface area contributed by atoms with Gasteiger partial charge in [0.25, 0.3) is 0 Å². The molecule has 1 rings (SSSR count). The van der Waals surface area contributed by atoms with E-state index in [0.717, 1.165) is 12.1 Å². The van der Waals surface area contributed by atoms with E-state index in [-0.39, 0.29) is 0 Å². The second-order valence-electron chi connectivity index (χ2n) is 3.84. The Balaban J connectivity index is 3.16. The monoisotopic (exact) mass is 215 g/mol. The number of nitrogens with zero attached hydrogens (tertiary/aromatic N) is 1. The van der Waals surface area contributed by atoms with Crippen LogP contribution < -0.4 is 4.90 Å². The number of halogens is 2. The first-order valence-corrected chi connectivity index (χ1v) is 4.75. The zero-order chi connectivity index (χ0) is 11.6. The van der Waals surface area contributed by atoms with Crippen LogP contribution in [-0.4, -0.2) is 25.3 Å². The van der Waals surface area contributed by atoms with Crippen molar-refractivity contribution >= 4 is 5.69 Å². The van der Waals surface area contributed by atoms with Crippen molar-refractivity contribution in [1.82, 2.24) is 0 Å². The van der Waals surface area contributed by atoms with Gasteiger partial charge in [-0.15, -0.1) is 0 Å². The van der Waals surface area contributed by atoms with Crippen molar-refractivity contribution in [3.05, 3.63) is 29.3 Å². The van der Waals surface area contributed by atoms with Gasteiger partial charge in [0.05, 0.1) is 6.10 Å². The van der Waals surface area contributed by atoms with E-state index in [4.69, 9.17) is 0 Å². The van der Waals surface area contributed by atoms with Gasteiger partial charge >= 0.3 is 0 Å². The SMILES string of the molecule is CC(O)Cc1cc(F)c(F)cc1N(C)C. The molecule has 1 unspecified atom stereocenters. The summed E-state index contributed by atoms with van der Waals surface area (Å²) in [6, 6.07) is 2.28. The fourth-order valence-electron chi connectivity index (χ4n) is 1.48. The zero-order valence-electron chi connectivity index (χ0n) is 9.09. The lowest BCUT2D eigenvalue weighted by Crippen LogP contribution is -2.15. The van der Waals surface area contributed by atoms with Crippen molar-refractivity contribution < 1.29 is 13.9 Å². The summed E-state index contributed by atoms with van der Waals surface area (Å²) in [5, 5.41) is 9.24. The summed E-state index contributed by atoms with van der Waals surface area (Å²) in [5.74, 6) is -1.75. The zero-order valence-corrected chi connectivity index (χ0v) is 9.09. The van der Waals surface area contributed by atoms with Crippen LogP contribution in [0.25, 0.3) is 0 Å². The minimum Gasteiger partial charge on any atom is -0.393 e. The van der Waals surface area contributed by atoms with Crippen LogP contribution in [0.4, 0.5) is 14.5 Å². The predicted molar refractivity (Wildman–Crippen MR) is 56.1 cm³/mol. The lowest BCUT2D eigenvalue weighted by molar-refractivity contribution is 0.195. The molecule has 0 aliphatic rings. The molecule has 1 N–H and O–H groups in total. The van der Waals surface area contributed by atoms with Gasteiger partial charge in [0.1, 0.15) is 0 Å². The molecule has 0 amide bonds.